The Balaban J connectivity index is 1.23. The highest BCUT2D eigenvalue weighted by Crippen LogP contribution is 2.34. The Labute approximate surface area is 174 Å². The van der Waals surface area contributed by atoms with Crippen LogP contribution in [0.4, 0.5) is 11.5 Å². The Morgan fingerprint density at radius 1 is 1.07 bits per heavy atom. The third-order valence-electron chi connectivity index (χ3n) is 6.08. The number of nitrogens with two attached hydrogens (primary N) is 1. The molecule has 0 spiro atoms. The van der Waals surface area contributed by atoms with E-state index in [1.807, 2.05) is 36.5 Å². The lowest BCUT2D eigenvalue weighted by atomic mass is 10.1. The highest BCUT2D eigenvalue weighted by Gasteiger charge is 2.33. The maximum absolute atomic E-state index is 5.79. The van der Waals surface area contributed by atoms with Crippen LogP contribution in [0, 0.1) is 0 Å². The predicted octanol–water partition coefficient (Wildman–Crippen LogP) is 0.832. The van der Waals surface area contributed by atoms with Crippen molar-refractivity contribution >= 4 is 22.7 Å². The minimum atomic E-state index is -0.505. The molecule has 0 bridgehead atoms. The molecule has 2 fully saturated rings. The largest absolute Gasteiger partial charge is 0.456 e. The summed E-state index contributed by atoms with van der Waals surface area (Å²) in [6.45, 7) is 6.40. The van der Waals surface area contributed by atoms with Crippen molar-refractivity contribution in [3.63, 3.8) is 0 Å². The first-order valence-electron chi connectivity index (χ1n) is 10.4. The smallest absolute Gasteiger partial charge is 0.225 e. The zero-order valence-electron chi connectivity index (χ0n) is 16.6. The third-order valence-corrected chi connectivity index (χ3v) is 6.08. The van der Waals surface area contributed by atoms with Gasteiger partial charge in [0.15, 0.2) is 5.65 Å². The van der Waals surface area contributed by atoms with Gasteiger partial charge in [0.05, 0.1) is 17.6 Å². The van der Waals surface area contributed by atoms with E-state index < -0.39 is 6.35 Å². The molecular weight excluding hydrogens is 380 g/mol. The first kappa shape index (κ1) is 17.8. The number of fused-ring (bicyclic) bond motifs is 2. The third kappa shape index (κ3) is 3.11. The zero-order chi connectivity index (χ0) is 20.1. The number of anilines is 2. The lowest BCUT2D eigenvalue weighted by Gasteiger charge is -2.47. The fourth-order valence-electron chi connectivity index (χ4n) is 4.35. The molecule has 0 aliphatic carbocycles. The van der Waals surface area contributed by atoms with E-state index in [1.54, 1.807) is 0 Å². The Morgan fingerprint density at radius 2 is 1.93 bits per heavy atom. The standard InChI is InChI=1S/C21H24N8O/c22-21-26-17-9-13(1-4-18(17)30-21)15-2-3-16-20(25-15)27-19(10-24-16)29-11-14(12-29)28-7-5-23-6-8-28/h1-4,9-10,14,21,23,26H,5-8,11-12,22H2. The first-order chi connectivity index (χ1) is 14.7. The molecule has 0 saturated carbocycles. The van der Waals surface area contributed by atoms with Crippen molar-refractivity contribution in [2.45, 2.75) is 12.4 Å². The topological polar surface area (TPSA) is 104 Å². The fraction of sp³-hybridized carbons (Fsp3) is 0.381. The monoisotopic (exact) mass is 404 g/mol. The normalized spacial score (nSPS) is 21.8. The van der Waals surface area contributed by atoms with Crippen molar-refractivity contribution in [2.24, 2.45) is 5.73 Å². The van der Waals surface area contributed by atoms with Crippen LogP contribution in [0.2, 0.25) is 0 Å². The molecule has 1 atom stereocenters. The molecule has 3 aromatic rings. The van der Waals surface area contributed by atoms with Crippen molar-refractivity contribution in [1.82, 2.24) is 25.2 Å². The molecule has 5 heterocycles. The van der Waals surface area contributed by atoms with Crippen LogP contribution in [0.1, 0.15) is 0 Å². The van der Waals surface area contributed by atoms with Crippen LogP contribution in [0.25, 0.3) is 22.4 Å². The Hall–Kier alpha value is -3.01. The van der Waals surface area contributed by atoms with Crippen molar-refractivity contribution in [3.05, 3.63) is 36.5 Å². The van der Waals surface area contributed by atoms with Crippen LogP contribution in [-0.4, -0.2) is 71.5 Å². The van der Waals surface area contributed by atoms with E-state index in [4.69, 9.17) is 20.4 Å². The van der Waals surface area contributed by atoms with E-state index in [-0.39, 0.29) is 0 Å². The summed E-state index contributed by atoms with van der Waals surface area (Å²) in [5, 5.41) is 6.51. The van der Waals surface area contributed by atoms with Gasteiger partial charge in [0.2, 0.25) is 6.35 Å². The van der Waals surface area contributed by atoms with Crippen LogP contribution in [0.3, 0.4) is 0 Å². The molecule has 6 rings (SSSR count). The predicted molar refractivity (Wildman–Crippen MR) is 115 cm³/mol. The maximum Gasteiger partial charge on any atom is 0.225 e. The summed E-state index contributed by atoms with van der Waals surface area (Å²) in [7, 11) is 0. The van der Waals surface area contributed by atoms with Crippen LogP contribution < -0.4 is 26.0 Å². The molecule has 154 valence electrons. The van der Waals surface area contributed by atoms with Crippen molar-refractivity contribution in [2.75, 3.05) is 49.5 Å². The van der Waals surface area contributed by atoms with Gasteiger partial charge >= 0.3 is 0 Å². The number of piperazine rings is 1. The van der Waals surface area contributed by atoms with Gasteiger partial charge in [-0.05, 0) is 30.3 Å². The minimum Gasteiger partial charge on any atom is -0.456 e. The summed E-state index contributed by atoms with van der Waals surface area (Å²) >= 11 is 0. The van der Waals surface area contributed by atoms with E-state index in [0.717, 1.165) is 73.3 Å². The number of ether oxygens (including phenoxy) is 1. The second-order valence-corrected chi connectivity index (χ2v) is 8.01. The van der Waals surface area contributed by atoms with Crippen LogP contribution in [0.5, 0.6) is 5.75 Å². The molecule has 30 heavy (non-hydrogen) atoms. The zero-order valence-corrected chi connectivity index (χ0v) is 16.6. The number of hydrogen-bond donors (Lipinski definition) is 3. The SMILES string of the molecule is NC1Nc2cc(-c3ccc4ncc(N5CC(N6CCNCC6)C5)nc4n3)ccc2O1. The summed E-state index contributed by atoms with van der Waals surface area (Å²) in [5.41, 5.74) is 9.96. The molecule has 9 nitrogen and oxygen atoms in total. The second-order valence-electron chi connectivity index (χ2n) is 8.01. The Bertz CT molecular complexity index is 1090. The molecule has 4 N–H and O–H groups in total. The fourth-order valence-corrected chi connectivity index (χ4v) is 4.35. The Morgan fingerprint density at radius 3 is 2.80 bits per heavy atom. The van der Waals surface area contributed by atoms with Gasteiger partial charge in [-0.2, -0.15) is 0 Å². The molecule has 2 aromatic heterocycles. The lowest BCUT2D eigenvalue weighted by molar-refractivity contribution is 0.147. The highest BCUT2D eigenvalue weighted by molar-refractivity contribution is 5.78. The van der Waals surface area contributed by atoms with Crippen LogP contribution in [0.15, 0.2) is 36.5 Å². The number of pyridine rings is 1. The van der Waals surface area contributed by atoms with Gasteiger partial charge in [-0.3, -0.25) is 10.6 Å². The number of benzene rings is 1. The van der Waals surface area contributed by atoms with E-state index >= 15 is 0 Å². The van der Waals surface area contributed by atoms with Crippen LogP contribution in [-0.2, 0) is 0 Å². The molecule has 0 amide bonds. The van der Waals surface area contributed by atoms with Gasteiger partial charge in [0, 0.05) is 50.9 Å². The number of rotatable bonds is 3. The van der Waals surface area contributed by atoms with E-state index in [9.17, 15) is 0 Å². The van der Waals surface area contributed by atoms with Crippen molar-refractivity contribution in [3.8, 4) is 17.0 Å². The summed E-state index contributed by atoms with van der Waals surface area (Å²) < 4.78 is 5.49. The summed E-state index contributed by atoms with van der Waals surface area (Å²) in [4.78, 5) is 19.0. The molecule has 3 aliphatic heterocycles. The minimum absolute atomic E-state index is 0.505. The van der Waals surface area contributed by atoms with Crippen molar-refractivity contribution < 1.29 is 4.74 Å². The first-order valence-corrected chi connectivity index (χ1v) is 10.4. The highest BCUT2D eigenvalue weighted by atomic mass is 16.5. The maximum atomic E-state index is 5.79. The summed E-state index contributed by atoms with van der Waals surface area (Å²) in [6.07, 6.45) is 1.35. The van der Waals surface area contributed by atoms with E-state index in [0.29, 0.717) is 11.7 Å². The number of aromatic nitrogens is 3. The average Bonchev–Trinajstić information content (AvgIpc) is 3.12. The summed E-state index contributed by atoms with van der Waals surface area (Å²) in [5.74, 6) is 1.65. The van der Waals surface area contributed by atoms with E-state index in [1.165, 1.54) is 0 Å². The molecule has 9 heteroatoms. The molecular formula is C21H24N8O. The number of nitrogens with one attached hydrogen (secondary N) is 2. The van der Waals surface area contributed by atoms with Gasteiger partial charge in [-0.1, -0.05) is 0 Å². The van der Waals surface area contributed by atoms with Gasteiger partial charge in [0.25, 0.3) is 0 Å². The lowest BCUT2D eigenvalue weighted by Crippen LogP contribution is -2.63. The average molecular weight is 404 g/mol. The molecule has 2 saturated heterocycles. The summed E-state index contributed by atoms with van der Waals surface area (Å²) in [6, 6.07) is 10.4. The van der Waals surface area contributed by atoms with Gasteiger partial charge in [-0.15, -0.1) is 0 Å². The number of hydrogen-bond acceptors (Lipinski definition) is 9. The molecule has 1 aromatic carbocycles. The number of nitrogens with zero attached hydrogens (tertiary/aromatic N) is 5. The van der Waals surface area contributed by atoms with Gasteiger partial charge in [-0.25, -0.2) is 15.0 Å². The van der Waals surface area contributed by atoms with Gasteiger partial charge in [0.1, 0.15) is 17.1 Å². The molecule has 0 radical (unpaired) electrons. The quantitative estimate of drug-likeness (QED) is 0.585. The Kier molecular flexibility index (Phi) is 4.19. The van der Waals surface area contributed by atoms with Gasteiger partial charge < -0.3 is 20.3 Å². The van der Waals surface area contributed by atoms with Crippen LogP contribution >= 0.6 is 0 Å². The molecule has 1 unspecified atom stereocenters. The second kappa shape index (κ2) is 7.05. The van der Waals surface area contributed by atoms with Crippen molar-refractivity contribution in [1.29, 1.82) is 0 Å². The molecule has 3 aliphatic rings. The van der Waals surface area contributed by atoms with E-state index in [2.05, 4.69) is 25.4 Å².